The molecule has 0 heterocycles. The fourth-order valence-corrected chi connectivity index (χ4v) is 4.18. The van der Waals surface area contributed by atoms with Crippen LogP contribution in [0.5, 0.6) is 23.0 Å². The Balaban J connectivity index is 2.08. The monoisotopic (exact) mass is 638 g/mol. The molecule has 0 saturated carbocycles. The van der Waals surface area contributed by atoms with Gasteiger partial charge >= 0.3 is 6.11 Å². The Morgan fingerprint density at radius 1 is 0.578 bits per heavy atom. The summed E-state index contributed by atoms with van der Waals surface area (Å²) in [5, 5.41) is 0. The Bertz CT molecular complexity index is 1410. The Labute approximate surface area is 257 Å². The zero-order valence-electron chi connectivity index (χ0n) is 24.5. The second kappa shape index (κ2) is 16.6. The molecule has 242 valence electrons. The van der Waals surface area contributed by atoms with Crippen molar-refractivity contribution in [2.45, 2.75) is 44.6 Å². The van der Waals surface area contributed by atoms with E-state index in [1.165, 1.54) is 12.1 Å². The van der Waals surface area contributed by atoms with Crippen molar-refractivity contribution in [2.75, 3.05) is 19.8 Å². The zero-order valence-corrected chi connectivity index (χ0v) is 24.5. The van der Waals surface area contributed by atoms with Crippen LogP contribution in [0.1, 0.15) is 44.1 Å². The molecule has 4 nitrogen and oxygen atoms in total. The van der Waals surface area contributed by atoms with Crippen LogP contribution in [0, 0.1) is 29.1 Å². The summed E-state index contributed by atoms with van der Waals surface area (Å²) in [7, 11) is 0. The van der Waals surface area contributed by atoms with E-state index in [2.05, 4.69) is 24.5 Å². The molecule has 0 aliphatic carbocycles. The van der Waals surface area contributed by atoms with Crippen LogP contribution in [0.4, 0.5) is 30.7 Å². The number of allylic oxidation sites excluding steroid dienone is 3. The number of rotatable bonds is 19. The highest BCUT2D eigenvalue weighted by molar-refractivity contribution is 5.78. The van der Waals surface area contributed by atoms with Crippen LogP contribution in [0.15, 0.2) is 74.4 Å². The molecule has 0 spiro atoms. The van der Waals surface area contributed by atoms with Crippen LogP contribution >= 0.6 is 0 Å². The third kappa shape index (κ3) is 9.54. The molecule has 0 unspecified atom stereocenters. The molecule has 0 saturated heterocycles. The Morgan fingerprint density at radius 3 is 1.47 bits per heavy atom. The highest BCUT2D eigenvalue weighted by atomic mass is 19.3. The normalized spacial score (nSPS) is 11.2. The van der Waals surface area contributed by atoms with Crippen LogP contribution < -0.4 is 18.9 Å². The van der Waals surface area contributed by atoms with Crippen LogP contribution in [0.2, 0.25) is 0 Å². The van der Waals surface area contributed by atoms with Gasteiger partial charge in [0.05, 0.1) is 25.4 Å². The molecule has 3 aromatic carbocycles. The lowest BCUT2D eigenvalue weighted by atomic mass is 10.00. The van der Waals surface area contributed by atoms with Crippen molar-refractivity contribution in [3.8, 4) is 34.1 Å². The second-order valence-corrected chi connectivity index (χ2v) is 9.77. The third-order valence-corrected chi connectivity index (χ3v) is 6.31. The predicted molar refractivity (Wildman–Crippen MR) is 157 cm³/mol. The third-order valence-electron chi connectivity index (χ3n) is 6.31. The summed E-state index contributed by atoms with van der Waals surface area (Å²) in [5.41, 5.74) is -1.97. The molecule has 11 heteroatoms. The van der Waals surface area contributed by atoms with Gasteiger partial charge in [-0.25, -0.2) is 22.0 Å². The number of ether oxygens (including phenoxy) is 4. The second-order valence-electron chi connectivity index (χ2n) is 9.77. The standard InChI is InChI=1S/C34H33F7O4/c1-4-7-10-13-42-23-20-29(43-14-11-8-5-2)31(30(21-23)44-15-12-9-6-3)22-16-25(35)32(26(36)17-22)34(40,41)45-24-18-27(37)33(39)28(38)19-24/h4-6,16-21H,1-3,7-15H2. The van der Waals surface area contributed by atoms with Gasteiger partial charge in [-0.05, 0) is 56.2 Å². The number of hydrogen-bond donors (Lipinski definition) is 0. The van der Waals surface area contributed by atoms with E-state index in [4.69, 9.17) is 14.2 Å². The number of benzene rings is 3. The summed E-state index contributed by atoms with van der Waals surface area (Å²) in [5.74, 6) is -9.67. The first-order valence-electron chi connectivity index (χ1n) is 14.1. The lowest BCUT2D eigenvalue weighted by molar-refractivity contribution is -0.189. The molecule has 0 atom stereocenters. The first-order valence-corrected chi connectivity index (χ1v) is 14.1. The number of halogens is 7. The summed E-state index contributed by atoms with van der Waals surface area (Å²) >= 11 is 0. The van der Waals surface area contributed by atoms with Crippen LogP contribution in [-0.2, 0) is 6.11 Å². The molecule has 3 rings (SSSR count). The van der Waals surface area contributed by atoms with E-state index in [1.807, 2.05) is 0 Å². The molecule has 0 bridgehead atoms. The fraction of sp³-hybridized carbons (Fsp3) is 0.294. The van der Waals surface area contributed by atoms with Crippen molar-refractivity contribution in [2.24, 2.45) is 0 Å². The van der Waals surface area contributed by atoms with Gasteiger partial charge in [0.1, 0.15) is 40.2 Å². The van der Waals surface area contributed by atoms with Gasteiger partial charge < -0.3 is 18.9 Å². The first kappa shape index (κ1) is 35.1. The maximum Gasteiger partial charge on any atom is 0.432 e. The van der Waals surface area contributed by atoms with Crippen molar-refractivity contribution in [1.29, 1.82) is 0 Å². The Hall–Kier alpha value is -4.41. The van der Waals surface area contributed by atoms with Crippen LogP contribution in [-0.4, -0.2) is 19.8 Å². The van der Waals surface area contributed by atoms with Gasteiger partial charge in [-0.3, -0.25) is 0 Å². The lowest BCUT2D eigenvalue weighted by Gasteiger charge is -2.22. The predicted octanol–water partition coefficient (Wildman–Crippen LogP) is 10.2. The van der Waals surface area contributed by atoms with Crippen molar-refractivity contribution >= 4 is 0 Å². The van der Waals surface area contributed by atoms with Crippen LogP contribution in [0.25, 0.3) is 11.1 Å². The quantitative estimate of drug-likeness (QED) is 0.0567. The van der Waals surface area contributed by atoms with Gasteiger partial charge in [0.25, 0.3) is 0 Å². The molecule has 3 aromatic rings. The molecule has 0 aliphatic rings. The number of alkyl halides is 2. The fourth-order valence-electron chi connectivity index (χ4n) is 4.18. The largest absolute Gasteiger partial charge is 0.493 e. The molecule has 0 aromatic heterocycles. The first-order chi connectivity index (χ1) is 21.5. The van der Waals surface area contributed by atoms with E-state index in [1.54, 1.807) is 18.2 Å². The molecule has 0 fully saturated rings. The van der Waals surface area contributed by atoms with E-state index < -0.39 is 46.5 Å². The minimum atomic E-state index is -4.75. The topological polar surface area (TPSA) is 36.9 Å². The van der Waals surface area contributed by atoms with Gasteiger partial charge in [-0.15, -0.1) is 19.7 Å². The molecule has 0 amide bonds. The molecular formula is C34H33F7O4. The molecule has 0 aliphatic heterocycles. The molecule has 0 N–H and O–H groups in total. The van der Waals surface area contributed by atoms with E-state index in [-0.39, 0.29) is 48.0 Å². The van der Waals surface area contributed by atoms with E-state index in [9.17, 15) is 22.0 Å². The van der Waals surface area contributed by atoms with E-state index in [0.717, 1.165) is 0 Å². The van der Waals surface area contributed by atoms with Crippen molar-refractivity contribution < 1.29 is 49.7 Å². The summed E-state index contributed by atoms with van der Waals surface area (Å²) < 4.78 is 123. The summed E-state index contributed by atoms with van der Waals surface area (Å²) in [6, 6.07) is 4.54. The average molecular weight is 639 g/mol. The highest BCUT2D eigenvalue weighted by Crippen LogP contribution is 2.45. The minimum absolute atomic E-state index is 0.0712. The number of unbranched alkanes of at least 4 members (excludes halogenated alkanes) is 3. The lowest BCUT2D eigenvalue weighted by Crippen LogP contribution is -2.25. The Kier molecular flexibility index (Phi) is 12.9. The average Bonchev–Trinajstić information content (AvgIpc) is 2.97. The maximum atomic E-state index is 15.4. The number of hydrogen-bond acceptors (Lipinski definition) is 4. The van der Waals surface area contributed by atoms with Crippen LogP contribution in [0.3, 0.4) is 0 Å². The molecule has 45 heavy (non-hydrogen) atoms. The smallest absolute Gasteiger partial charge is 0.432 e. The maximum absolute atomic E-state index is 15.4. The van der Waals surface area contributed by atoms with Gasteiger partial charge in [-0.2, -0.15) is 8.78 Å². The van der Waals surface area contributed by atoms with Gasteiger partial charge in [-0.1, -0.05) is 18.2 Å². The Morgan fingerprint density at radius 2 is 1.02 bits per heavy atom. The minimum Gasteiger partial charge on any atom is -0.493 e. The summed E-state index contributed by atoms with van der Waals surface area (Å²) in [6.45, 7) is 11.7. The zero-order chi connectivity index (χ0) is 33.0. The van der Waals surface area contributed by atoms with Crippen molar-refractivity contribution in [1.82, 2.24) is 0 Å². The molecular weight excluding hydrogens is 605 g/mol. The van der Waals surface area contributed by atoms with Crippen molar-refractivity contribution in [3.63, 3.8) is 0 Å². The molecule has 0 radical (unpaired) electrons. The summed E-state index contributed by atoms with van der Waals surface area (Å²) in [4.78, 5) is 0. The van der Waals surface area contributed by atoms with E-state index >= 15 is 8.78 Å². The SMILES string of the molecule is C=CCCCOc1cc(OCCCC=C)c(-c2cc(F)c(C(F)(F)Oc3cc(F)c(F)c(F)c3)c(F)c2)c(OCCCC=C)c1. The van der Waals surface area contributed by atoms with Gasteiger partial charge in [0.15, 0.2) is 17.5 Å². The highest BCUT2D eigenvalue weighted by Gasteiger charge is 2.42. The van der Waals surface area contributed by atoms with Crippen molar-refractivity contribution in [3.05, 3.63) is 109 Å². The van der Waals surface area contributed by atoms with E-state index in [0.29, 0.717) is 63.0 Å². The van der Waals surface area contributed by atoms with Gasteiger partial charge in [0, 0.05) is 24.3 Å². The summed E-state index contributed by atoms with van der Waals surface area (Å²) in [6.07, 6.45) is 4.10. The van der Waals surface area contributed by atoms with Gasteiger partial charge in [0.2, 0.25) is 0 Å².